The van der Waals surface area contributed by atoms with Gasteiger partial charge in [-0.05, 0) is 25.5 Å². The van der Waals surface area contributed by atoms with Gasteiger partial charge in [0.05, 0.1) is 17.0 Å². The van der Waals surface area contributed by atoms with Crippen molar-refractivity contribution >= 4 is 20.7 Å². The van der Waals surface area contributed by atoms with E-state index in [2.05, 4.69) is 23.4 Å². The lowest BCUT2D eigenvalue weighted by Crippen LogP contribution is -2.15. The first-order chi connectivity index (χ1) is 10.0. The number of sulfone groups is 1. The van der Waals surface area contributed by atoms with Gasteiger partial charge in [-0.2, -0.15) is 5.10 Å². The first kappa shape index (κ1) is 16.0. The molecule has 0 saturated carbocycles. The lowest BCUT2D eigenvalue weighted by molar-refractivity contribution is 0.576. The van der Waals surface area contributed by atoms with Gasteiger partial charge in [-0.1, -0.05) is 25.1 Å². The summed E-state index contributed by atoms with van der Waals surface area (Å²) < 4.78 is 24.4. The summed E-state index contributed by atoms with van der Waals surface area (Å²) in [4.78, 5) is 0. The summed E-state index contributed by atoms with van der Waals surface area (Å²) in [6.45, 7) is 4.47. The zero-order chi connectivity index (χ0) is 15.3. The van der Waals surface area contributed by atoms with Crippen LogP contribution in [0.25, 0.3) is 10.9 Å². The number of nitrogens with zero attached hydrogens (tertiary/aromatic N) is 2. The number of aryl methyl sites for hydroxylation is 1. The third-order valence-electron chi connectivity index (χ3n) is 3.34. The van der Waals surface area contributed by atoms with Crippen molar-refractivity contribution in [3.05, 3.63) is 30.0 Å². The molecule has 1 aromatic heterocycles. The quantitative estimate of drug-likeness (QED) is 0.757. The molecule has 5 nitrogen and oxygen atoms in total. The van der Waals surface area contributed by atoms with E-state index < -0.39 is 9.84 Å². The molecule has 0 aliphatic carbocycles. The molecule has 6 heteroatoms. The van der Waals surface area contributed by atoms with Crippen molar-refractivity contribution in [2.45, 2.75) is 32.9 Å². The Morgan fingerprint density at radius 3 is 2.76 bits per heavy atom. The molecule has 0 spiro atoms. The van der Waals surface area contributed by atoms with E-state index in [9.17, 15) is 8.42 Å². The van der Waals surface area contributed by atoms with Gasteiger partial charge >= 0.3 is 0 Å². The van der Waals surface area contributed by atoms with Crippen molar-refractivity contribution < 1.29 is 8.42 Å². The van der Waals surface area contributed by atoms with Crippen LogP contribution in [0.1, 0.15) is 25.5 Å². The van der Waals surface area contributed by atoms with Crippen LogP contribution < -0.4 is 5.32 Å². The van der Waals surface area contributed by atoms with Gasteiger partial charge in [-0.25, -0.2) is 8.42 Å². The number of hydrogen-bond acceptors (Lipinski definition) is 4. The summed E-state index contributed by atoms with van der Waals surface area (Å²) >= 11 is 0. The van der Waals surface area contributed by atoms with E-state index in [1.54, 1.807) is 0 Å². The van der Waals surface area contributed by atoms with Gasteiger partial charge in [0, 0.05) is 24.7 Å². The van der Waals surface area contributed by atoms with Crippen molar-refractivity contribution in [2.75, 3.05) is 18.6 Å². The summed E-state index contributed by atoms with van der Waals surface area (Å²) in [6, 6.07) is 8.10. The van der Waals surface area contributed by atoms with Crippen LogP contribution in [0.3, 0.4) is 0 Å². The number of rotatable bonds is 8. The third-order valence-corrected chi connectivity index (χ3v) is 4.37. The van der Waals surface area contributed by atoms with Gasteiger partial charge in [0.1, 0.15) is 9.84 Å². The van der Waals surface area contributed by atoms with Crippen molar-refractivity contribution in [3.8, 4) is 0 Å². The van der Waals surface area contributed by atoms with Crippen molar-refractivity contribution in [1.29, 1.82) is 0 Å². The Morgan fingerprint density at radius 2 is 2.05 bits per heavy atom. The molecule has 0 saturated heterocycles. The fourth-order valence-electron chi connectivity index (χ4n) is 2.36. The summed E-state index contributed by atoms with van der Waals surface area (Å²) in [7, 11) is -2.91. The first-order valence-corrected chi connectivity index (χ1v) is 9.40. The number of fused-ring (bicyclic) bond motifs is 1. The number of aromatic nitrogens is 2. The van der Waals surface area contributed by atoms with Gasteiger partial charge in [0.2, 0.25) is 0 Å². The second-order valence-electron chi connectivity index (χ2n) is 5.35. The maximum absolute atomic E-state index is 11.2. The molecule has 1 aromatic carbocycles. The molecule has 2 aromatic rings. The molecule has 0 bridgehead atoms. The van der Waals surface area contributed by atoms with Gasteiger partial charge in [0.25, 0.3) is 0 Å². The second-order valence-corrected chi connectivity index (χ2v) is 7.61. The summed E-state index contributed by atoms with van der Waals surface area (Å²) in [5, 5.41) is 9.14. The monoisotopic (exact) mass is 309 g/mol. The minimum atomic E-state index is -2.91. The number of para-hydroxylation sites is 1. The molecule has 1 N–H and O–H groups in total. The highest BCUT2D eigenvalue weighted by molar-refractivity contribution is 7.90. The molecular weight excluding hydrogens is 286 g/mol. The minimum Gasteiger partial charge on any atom is -0.311 e. The summed E-state index contributed by atoms with van der Waals surface area (Å²) in [5.41, 5.74) is 2.10. The Morgan fingerprint density at radius 1 is 1.29 bits per heavy atom. The fourth-order valence-corrected chi connectivity index (χ4v) is 3.01. The van der Waals surface area contributed by atoms with E-state index in [0.29, 0.717) is 13.0 Å². The van der Waals surface area contributed by atoms with E-state index in [1.807, 2.05) is 22.9 Å². The largest absolute Gasteiger partial charge is 0.311 e. The molecule has 21 heavy (non-hydrogen) atoms. The molecule has 2 rings (SSSR count). The molecule has 0 atom stereocenters. The van der Waals surface area contributed by atoms with E-state index in [4.69, 9.17) is 0 Å². The highest BCUT2D eigenvalue weighted by Gasteiger charge is 2.10. The van der Waals surface area contributed by atoms with E-state index in [-0.39, 0.29) is 5.75 Å². The third kappa shape index (κ3) is 4.54. The van der Waals surface area contributed by atoms with Gasteiger partial charge in [-0.15, -0.1) is 0 Å². The number of benzene rings is 1. The molecule has 0 radical (unpaired) electrons. The number of nitrogens with one attached hydrogen (secondary N) is 1. The van der Waals surface area contributed by atoms with Crippen LogP contribution in [-0.4, -0.2) is 36.8 Å². The second kappa shape index (κ2) is 7.04. The normalized spacial score (nSPS) is 12.1. The SMILES string of the molecule is CCCNCc1nn(CCCS(C)(=O)=O)c2ccccc12. The molecule has 0 fully saturated rings. The molecular formula is C15H23N3O2S. The molecule has 0 aliphatic heterocycles. The van der Waals surface area contributed by atoms with E-state index >= 15 is 0 Å². The Balaban J connectivity index is 2.15. The van der Waals surface area contributed by atoms with Crippen LogP contribution in [0.15, 0.2) is 24.3 Å². The lowest BCUT2D eigenvalue weighted by atomic mass is 10.2. The highest BCUT2D eigenvalue weighted by atomic mass is 32.2. The smallest absolute Gasteiger partial charge is 0.147 e. The van der Waals surface area contributed by atoms with Gasteiger partial charge in [-0.3, -0.25) is 4.68 Å². The highest BCUT2D eigenvalue weighted by Crippen LogP contribution is 2.18. The Hall–Kier alpha value is -1.40. The van der Waals surface area contributed by atoms with Gasteiger partial charge in [0.15, 0.2) is 0 Å². The summed E-state index contributed by atoms with van der Waals surface area (Å²) in [5.74, 6) is 0.199. The van der Waals surface area contributed by atoms with Crippen molar-refractivity contribution in [1.82, 2.24) is 15.1 Å². The number of hydrogen-bond donors (Lipinski definition) is 1. The van der Waals surface area contributed by atoms with Crippen LogP contribution in [-0.2, 0) is 22.9 Å². The van der Waals surface area contributed by atoms with E-state index in [0.717, 1.165) is 36.1 Å². The molecule has 116 valence electrons. The zero-order valence-corrected chi connectivity index (χ0v) is 13.5. The standard InChI is InChI=1S/C15H23N3O2S/c1-3-9-16-12-14-13-7-4-5-8-15(13)18(17-14)10-6-11-21(2,19)20/h4-5,7-8,16H,3,6,9-12H2,1-2H3. The Bertz CT molecular complexity index is 692. The minimum absolute atomic E-state index is 0.199. The Labute approximate surface area is 126 Å². The molecule has 0 amide bonds. The van der Waals surface area contributed by atoms with Gasteiger partial charge < -0.3 is 5.32 Å². The average Bonchev–Trinajstić information content (AvgIpc) is 2.77. The zero-order valence-electron chi connectivity index (χ0n) is 12.7. The lowest BCUT2D eigenvalue weighted by Gasteiger charge is -2.02. The maximum atomic E-state index is 11.2. The predicted octanol–water partition coefficient (Wildman–Crippen LogP) is 1.97. The fraction of sp³-hybridized carbons (Fsp3) is 0.533. The predicted molar refractivity (Wildman–Crippen MR) is 86.1 cm³/mol. The van der Waals surface area contributed by atoms with Crippen LogP contribution in [0.4, 0.5) is 0 Å². The van der Waals surface area contributed by atoms with Crippen LogP contribution in [0, 0.1) is 0 Å². The Kier molecular flexibility index (Phi) is 5.36. The molecule has 0 aliphatic rings. The molecule has 1 heterocycles. The van der Waals surface area contributed by atoms with Crippen molar-refractivity contribution in [2.24, 2.45) is 0 Å². The molecule has 0 unspecified atom stereocenters. The first-order valence-electron chi connectivity index (χ1n) is 7.34. The van der Waals surface area contributed by atoms with Crippen LogP contribution >= 0.6 is 0 Å². The van der Waals surface area contributed by atoms with E-state index in [1.165, 1.54) is 6.26 Å². The van der Waals surface area contributed by atoms with Crippen LogP contribution in [0.5, 0.6) is 0 Å². The maximum Gasteiger partial charge on any atom is 0.147 e. The average molecular weight is 309 g/mol. The van der Waals surface area contributed by atoms with Crippen molar-refractivity contribution in [3.63, 3.8) is 0 Å². The summed E-state index contributed by atoms with van der Waals surface area (Å²) in [6.07, 6.45) is 2.95. The van der Waals surface area contributed by atoms with Crippen LogP contribution in [0.2, 0.25) is 0 Å². The topological polar surface area (TPSA) is 64.0 Å².